The molecule has 0 saturated carbocycles. The van der Waals surface area contributed by atoms with Crippen LogP contribution in [0.3, 0.4) is 0 Å². The lowest BCUT2D eigenvalue weighted by Crippen LogP contribution is -2.03. The van der Waals surface area contributed by atoms with Crippen molar-refractivity contribution >= 4 is 17.7 Å². The number of aryl methyl sites for hydroxylation is 2. The van der Waals surface area contributed by atoms with E-state index in [-0.39, 0.29) is 18.1 Å². The summed E-state index contributed by atoms with van der Waals surface area (Å²) in [7, 11) is 1.71. The van der Waals surface area contributed by atoms with Gasteiger partial charge in [0.2, 0.25) is 5.78 Å². The van der Waals surface area contributed by atoms with Crippen LogP contribution in [0.4, 0.5) is 5.82 Å². The number of carbonyl (C=O) groups is 1. The average Bonchev–Trinajstić information content (AvgIpc) is 3.26. The molecule has 0 amide bonds. The van der Waals surface area contributed by atoms with Crippen molar-refractivity contribution in [3.8, 4) is 0 Å². The molecule has 25 heavy (non-hydrogen) atoms. The van der Waals surface area contributed by atoms with E-state index in [0.29, 0.717) is 17.2 Å². The van der Waals surface area contributed by atoms with E-state index in [0.717, 1.165) is 5.69 Å². The second-order valence-corrected chi connectivity index (χ2v) is 5.42. The van der Waals surface area contributed by atoms with Crippen molar-refractivity contribution in [1.82, 2.24) is 19.6 Å². The molecule has 3 aromatic rings. The fraction of sp³-hybridized carbons (Fsp3) is 0.188. The number of allylic oxidation sites excluding steroid dienone is 1. The highest BCUT2D eigenvalue weighted by atomic mass is 16.6. The standard InChI is InChI=1S/C16H15N5O4/c1-11-9-14(19(2)17-11)15(22)6-5-12-3-4-13(25-12)10-20-8-7-16(18-20)21(23)24/h3-9H,10H2,1-2H3/b6-5+. The third-order valence-corrected chi connectivity index (χ3v) is 3.47. The van der Waals surface area contributed by atoms with Crippen molar-refractivity contribution in [2.45, 2.75) is 13.5 Å². The first-order valence-electron chi connectivity index (χ1n) is 7.42. The zero-order chi connectivity index (χ0) is 18.0. The van der Waals surface area contributed by atoms with E-state index in [1.54, 1.807) is 31.3 Å². The van der Waals surface area contributed by atoms with Crippen molar-refractivity contribution in [2.75, 3.05) is 0 Å². The Balaban J connectivity index is 1.67. The number of furan rings is 1. The topological polar surface area (TPSA) is 109 Å². The molecule has 0 unspecified atom stereocenters. The molecule has 128 valence electrons. The molecule has 9 heteroatoms. The Kier molecular flexibility index (Phi) is 4.29. The van der Waals surface area contributed by atoms with Crippen LogP contribution < -0.4 is 0 Å². The van der Waals surface area contributed by atoms with Crippen molar-refractivity contribution in [3.05, 3.63) is 69.6 Å². The van der Waals surface area contributed by atoms with Crippen LogP contribution in [0.15, 0.2) is 41.0 Å². The van der Waals surface area contributed by atoms with Crippen LogP contribution in [0.25, 0.3) is 6.08 Å². The van der Waals surface area contributed by atoms with Crippen LogP contribution >= 0.6 is 0 Å². The maximum absolute atomic E-state index is 12.1. The molecule has 0 bridgehead atoms. The summed E-state index contributed by atoms with van der Waals surface area (Å²) < 4.78 is 8.53. The Morgan fingerprint density at radius 2 is 2.16 bits per heavy atom. The number of aromatic nitrogens is 4. The van der Waals surface area contributed by atoms with E-state index >= 15 is 0 Å². The third-order valence-electron chi connectivity index (χ3n) is 3.47. The van der Waals surface area contributed by atoms with Crippen molar-refractivity contribution in [3.63, 3.8) is 0 Å². The minimum atomic E-state index is -0.557. The molecular weight excluding hydrogens is 326 g/mol. The summed E-state index contributed by atoms with van der Waals surface area (Å²) in [6, 6.07) is 6.47. The minimum absolute atomic E-state index is 0.177. The van der Waals surface area contributed by atoms with Gasteiger partial charge in [0, 0.05) is 7.05 Å². The number of ketones is 1. The highest BCUT2D eigenvalue weighted by molar-refractivity contribution is 6.05. The van der Waals surface area contributed by atoms with Gasteiger partial charge in [-0.1, -0.05) is 0 Å². The van der Waals surface area contributed by atoms with Gasteiger partial charge in [-0.25, -0.2) is 0 Å². The highest BCUT2D eigenvalue weighted by Crippen LogP contribution is 2.13. The predicted octanol–water partition coefficient (Wildman–Crippen LogP) is 2.37. The van der Waals surface area contributed by atoms with Gasteiger partial charge in [0.15, 0.2) is 0 Å². The summed E-state index contributed by atoms with van der Waals surface area (Å²) in [4.78, 5) is 22.2. The zero-order valence-corrected chi connectivity index (χ0v) is 13.6. The first-order chi connectivity index (χ1) is 11.9. The summed E-state index contributed by atoms with van der Waals surface area (Å²) in [6.07, 6.45) is 4.49. The maximum Gasteiger partial charge on any atom is 0.389 e. The number of nitrogens with zero attached hydrogens (tertiary/aromatic N) is 5. The molecule has 0 fully saturated rings. The van der Waals surface area contributed by atoms with Gasteiger partial charge in [-0.05, 0) is 42.2 Å². The molecule has 3 rings (SSSR count). The fourth-order valence-corrected chi connectivity index (χ4v) is 2.35. The molecular formula is C16H15N5O4. The second-order valence-electron chi connectivity index (χ2n) is 5.42. The second kappa shape index (κ2) is 6.56. The number of hydrogen-bond donors (Lipinski definition) is 0. The molecule has 0 aliphatic carbocycles. The van der Waals surface area contributed by atoms with Crippen LogP contribution in [-0.4, -0.2) is 30.3 Å². The Labute approximate surface area is 142 Å². The van der Waals surface area contributed by atoms with Gasteiger partial charge in [0.25, 0.3) is 0 Å². The van der Waals surface area contributed by atoms with E-state index in [2.05, 4.69) is 10.2 Å². The van der Waals surface area contributed by atoms with E-state index in [1.807, 2.05) is 6.92 Å². The zero-order valence-electron chi connectivity index (χ0n) is 13.6. The summed E-state index contributed by atoms with van der Waals surface area (Å²) in [6.45, 7) is 2.08. The molecule has 0 N–H and O–H groups in total. The molecule has 0 radical (unpaired) electrons. The SMILES string of the molecule is Cc1cc(C(=O)/C=C/c2ccc(Cn3ccc([N+](=O)[O-])n3)o2)n(C)n1. The Morgan fingerprint density at radius 1 is 1.36 bits per heavy atom. The summed E-state index contributed by atoms with van der Waals surface area (Å²) in [5.74, 6) is 0.679. The van der Waals surface area contributed by atoms with Crippen LogP contribution in [-0.2, 0) is 13.6 Å². The van der Waals surface area contributed by atoms with Gasteiger partial charge < -0.3 is 14.5 Å². The molecule has 9 nitrogen and oxygen atoms in total. The molecule has 0 aromatic carbocycles. The molecule has 3 aromatic heterocycles. The lowest BCUT2D eigenvalue weighted by Gasteiger charge is -1.95. The number of carbonyl (C=O) groups excluding carboxylic acids is 1. The summed E-state index contributed by atoms with van der Waals surface area (Å²) >= 11 is 0. The molecule has 0 saturated heterocycles. The maximum atomic E-state index is 12.1. The van der Waals surface area contributed by atoms with Crippen molar-refractivity contribution in [1.29, 1.82) is 0 Å². The monoisotopic (exact) mass is 341 g/mol. The van der Waals surface area contributed by atoms with E-state index in [1.165, 1.54) is 27.7 Å². The smallest absolute Gasteiger partial charge is 0.389 e. The number of nitro groups is 1. The van der Waals surface area contributed by atoms with Gasteiger partial charge >= 0.3 is 5.82 Å². The molecule has 0 spiro atoms. The molecule has 0 atom stereocenters. The first kappa shape index (κ1) is 16.4. The molecule has 0 aliphatic rings. The lowest BCUT2D eigenvalue weighted by molar-refractivity contribution is -0.389. The van der Waals surface area contributed by atoms with Crippen LogP contribution in [0.5, 0.6) is 0 Å². The van der Waals surface area contributed by atoms with E-state index in [4.69, 9.17) is 4.42 Å². The molecule has 0 aliphatic heterocycles. The third kappa shape index (κ3) is 3.71. The van der Waals surface area contributed by atoms with Crippen LogP contribution in [0, 0.1) is 17.0 Å². The lowest BCUT2D eigenvalue weighted by atomic mass is 10.2. The minimum Gasteiger partial charge on any atom is -0.460 e. The Hall–Kier alpha value is -3.49. The van der Waals surface area contributed by atoms with E-state index < -0.39 is 4.92 Å². The van der Waals surface area contributed by atoms with Gasteiger partial charge in [-0.15, -0.1) is 0 Å². The Bertz CT molecular complexity index is 963. The van der Waals surface area contributed by atoms with Gasteiger partial charge in [-0.3, -0.25) is 9.48 Å². The summed E-state index contributed by atoms with van der Waals surface area (Å²) in [5, 5.41) is 18.6. The number of hydrogen-bond acceptors (Lipinski definition) is 6. The highest BCUT2D eigenvalue weighted by Gasteiger charge is 2.12. The normalized spacial score (nSPS) is 11.3. The molecule has 3 heterocycles. The summed E-state index contributed by atoms with van der Waals surface area (Å²) in [5.41, 5.74) is 1.26. The van der Waals surface area contributed by atoms with Gasteiger partial charge in [-0.2, -0.15) is 9.78 Å². The number of rotatable bonds is 6. The van der Waals surface area contributed by atoms with Crippen molar-refractivity contribution < 1.29 is 14.1 Å². The fourth-order valence-electron chi connectivity index (χ4n) is 2.35. The quantitative estimate of drug-likeness (QED) is 0.295. The van der Waals surface area contributed by atoms with Crippen LogP contribution in [0.1, 0.15) is 27.7 Å². The van der Waals surface area contributed by atoms with E-state index in [9.17, 15) is 14.9 Å². The van der Waals surface area contributed by atoms with Gasteiger partial charge in [0.05, 0.1) is 23.1 Å². The van der Waals surface area contributed by atoms with Crippen molar-refractivity contribution in [2.24, 2.45) is 7.05 Å². The largest absolute Gasteiger partial charge is 0.460 e. The average molecular weight is 341 g/mol. The van der Waals surface area contributed by atoms with Gasteiger partial charge in [0.1, 0.15) is 23.8 Å². The van der Waals surface area contributed by atoms with Crippen LogP contribution in [0.2, 0.25) is 0 Å². The first-order valence-corrected chi connectivity index (χ1v) is 7.42. The Morgan fingerprint density at radius 3 is 2.80 bits per heavy atom. The predicted molar refractivity (Wildman–Crippen MR) is 88.0 cm³/mol.